The number of pyridine rings is 1. The molecule has 2 atom stereocenters. The summed E-state index contributed by atoms with van der Waals surface area (Å²) < 4.78 is 0. The lowest BCUT2D eigenvalue weighted by Crippen LogP contribution is -2.28. The van der Waals surface area contributed by atoms with E-state index in [1.165, 1.54) is 5.56 Å². The highest BCUT2D eigenvalue weighted by molar-refractivity contribution is 5.40. The quantitative estimate of drug-likeness (QED) is 0.791. The molecule has 0 aliphatic heterocycles. The van der Waals surface area contributed by atoms with Crippen molar-refractivity contribution in [3.63, 3.8) is 0 Å². The van der Waals surface area contributed by atoms with Gasteiger partial charge in [0, 0.05) is 25.3 Å². The van der Waals surface area contributed by atoms with Crippen LogP contribution >= 0.6 is 0 Å². The summed E-state index contributed by atoms with van der Waals surface area (Å²) in [5.41, 5.74) is 1.20. The Labute approximate surface area is 122 Å². The van der Waals surface area contributed by atoms with E-state index in [2.05, 4.69) is 48.1 Å². The highest BCUT2D eigenvalue weighted by atomic mass is 15.2. The van der Waals surface area contributed by atoms with Gasteiger partial charge in [0.2, 0.25) is 0 Å². The van der Waals surface area contributed by atoms with Gasteiger partial charge in [0.15, 0.2) is 0 Å². The van der Waals surface area contributed by atoms with E-state index in [0.717, 1.165) is 31.9 Å². The molecular weight excluding hydrogens is 248 g/mol. The molecule has 0 radical (unpaired) electrons. The van der Waals surface area contributed by atoms with E-state index in [9.17, 15) is 0 Å². The maximum atomic E-state index is 8.92. The van der Waals surface area contributed by atoms with Crippen molar-refractivity contribution in [1.82, 2.24) is 10.3 Å². The molecule has 1 heterocycles. The van der Waals surface area contributed by atoms with Crippen LogP contribution in [0.15, 0.2) is 18.3 Å². The van der Waals surface area contributed by atoms with Gasteiger partial charge in [-0.3, -0.25) is 0 Å². The number of rotatable bonds is 8. The summed E-state index contributed by atoms with van der Waals surface area (Å²) in [7, 11) is 0. The molecule has 20 heavy (non-hydrogen) atoms. The van der Waals surface area contributed by atoms with Crippen LogP contribution in [0.3, 0.4) is 0 Å². The first-order valence-electron chi connectivity index (χ1n) is 7.46. The minimum Gasteiger partial charge on any atom is -0.356 e. The monoisotopic (exact) mass is 274 g/mol. The number of nitrogens with zero attached hydrogens (tertiary/aromatic N) is 3. The number of nitrogens with one attached hydrogen (secondary N) is 1. The van der Waals surface area contributed by atoms with Crippen molar-refractivity contribution in [3.8, 4) is 6.07 Å². The third-order valence-corrected chi connectivity index (χ3v) is 3.39. The van der Waals surface area contributed by atoms with Crippen LogP contribution in [-0.4, -0.2) is 24.6 Å². The summed E-state index contributed by atoms with van der Waals surface area (Å²) in [4.78, 5) is 6.68. The van der Waals surface area contributed by atoms with E-state index in [1.807, 2.05) is 19.2 Å². The lowest BCUT2D eigenvalue weighted by atomic mass is 10.1. The van der Waals surface area contributed by atoms with Gasteiger partial charge in [-0.2, -0.15) is 5.26 Å². The number of nitriles is 1. The molecule has 110 valence electrons. The molecule has 1 aromatic rings. The smallest absolute Gasteiger partial charge is 0.128 e. The first-order chi connectivity index (χ1) is 9.62. The highest BCUT2D eigenvalue weighted by Gasteiger charge is 2.11. The van der Waals surface area contributed by atoms with Gasteiger partial charge in [-0.15, -0.1) is 0 Å². The van der Waals surface area contributed by atoms with Gasteiger partial charge < -0.3 is 10.2 Å². The summed E-state index contributed by atoms with van der Waals surface area (Å²) in [6.45, 7) is 11.0. The average Bonchev–Trinajstić information content (AvgIpc) is 2.50. The molecule has 4 heteroatoms. The topological polar surface area (TPSA) is 52.0 Å². The summed E-state index contributed by atoms with van der Waals surface area (Å²) in [5, 5.41) is 12.4. The molecule has 2 unspecified atom stereocenters. The fourth-order valence-electron chi connectivity index (χ4n) is 2.08. The highest BCUT2D eigenvalue weighted by Crippen LogP contribution is 2.17. The predicted molar refractivity (Wildman–Crippen MR) is 83.6 cm³/mol. The van der Waals surface area contributed by atoms with Gasteiger partial charge in [-0.05, 0) is 45.4 Å². The first-order valence-corrected chi connectivity index (χ1v) is 7.46. The van der Waals surface area contributed by atoms with Crippen LogP contribution in [-0.2, 0) is 0 Å². The fourth-order valence-corrected chi connectivity index (χ4v) is 2.08. The van der Waals surface area contributed by atoms with Gasteiger partial charge in [0.25, 0.3) is 0 Å². The molecule has 0 spiro atoms. The lowest BCUT2D eigenvalue weighted by molar-refractivity contribution is 0.569. The summed E-state index contributed by atoms with van der Waals surface area (Å²) >= 11 is 0. The van der Waals surface area contributed by atoms with Crippen molar-refractivity contribution < 1.29 is 0 Å². The molecule has 4 nitrogen and oxygen atoms in total. The Morgan fingerprint density at radius 1 is 1.35 bits per heavy atom. The maximum absolute atomic E-state index is 8.92. The van der Waals surface area contributed by atoms with Gasteiger partial charge in [0.05, 0.1) is 12.0 Å². The maximum Gasteiger partial charge on any atom is 0.128 e. The van der Waals surface area contributed by atoms with Gasteiger partial charge >= 0.3 is 0 Å². The Kier molecular flexibility index (Phi) is 7.03. The van der Waals surface area contributed by atoms with Crippen molar-refractivity contribution in [3.05, 3.63) is 23.9 Å². The van der Waals surface area contributed by atoms with E-state index in [-0.39, 0.29) is 5.92 Å². The SMILES string of the molecule is CCCNC(C)c1ccc(N(CC)CC(C)C#N)nc1. The fraction of sp³-hybridized carbons (Fsp3) is 0.625. The van der Waals surface area contributed by atoms with E-state index >= 15 is 0 Å². The van der Waals surface area contributed by atoms with E-state index in [0.29, 0.717) is 6.04 Å². The third kappa shape index (κ3) is 4.82. The molecule has 0 fully saturated rings. The van der Waals surface area contributed by atoms with E-state index in [1.54, 1.807) is 0 Å². The molecular formula is C16H26N4. The second-order valence-electron chi connectivity index (χ2n) is 5.19. The van der Waals surface area contributed by atoms with Crippen LogP contribution < -0.4 is 10.2 Å². The number of anilines is 1. The minimum atomic E-state index is 0.0153. The molecule has 1 aromatic heterocycles. The van der Waals surface area contributed by atoms with E-state index in [4.69, 9.17) is 5.26 Å². The van der Waals surface area contributed by atoms with Crippen molar-refractivity contribution in [1.29, 1.82) is 5.26 Å². The van der Waals surface area contributed by atoms with Crippen molar-refractivity contribution in [2.75, 3.05) is 24.5 Å². The summed E-state index contributed by atoms with van der Waals surface area (Å²) in [6, 6.07) is 6.77. The summed E-state index contributed by atoms with van der Waals surface area (Å²) in [6.07, 6.45) is 3.06. The minimum absolute atomic E-state index is 0.0153. The van der Waals surface area contributed by atoms with Crippen LogP contribution in [0.5, 0.6) is 0 Å². The molecule has 0 aromatic carbocycles. The Bertz CT molecular complexity index is 421. The molecule has 0 saturated carbocycles. The van der Waals surface area contributed by atoms with Crippen LogP contribution in [0.4, 0.5) is 5.82 Å². The van der Waals surface area contributed by atoms with Gasteiger partial charge in [-0.25, -0.2) is 4.98 Å². The van der Waals surface area contributed by atoms with Gasteiger partial charge in [-0.1, -0.05) is 13.0 Å². The zero-order valence-corrected chi connectivity index (χ0v) is 13.1. The van der Waals surface area contributed by atoms with Crippen LogP contribution in [0.2, 0.25) is 0 Å². The lowest BCUT2D eigenvalue weighted by Gasteiger charge is -2.23. The van der Waals surface area contributed by atoms with Crippen LogP contribution in [0.1, 0.15) is 45.7 Å². The number of aromatic nitrogens is 1. The molecule has 0 aliphatic rings. The standard InChI is InChI=1S/C16H26N4/c1-5-9-18-14(4)15-7-8-16(19-11-15)20(6-2)12-13(3)10-17/h7-8,11,13-14,18H,5-6,9,12H2,1-4H3. The second-order valence-corrected chi connectivity index (χ2v) is 5.19. The molecule has 1 rings (SSSR count). The van der Waals surface area contributed by atoms with Gasteiger partial charge in [0.1, 0.15) is 5.82 Å². The molecule has 0 amide bonds. The largest absolute Gasteiger partial charge is 0.356 e. The zero-order valence-electron chi connectivity index (χ0n) is 13.1. The predicted octanol–water partition coefficient (Wildman–Crippen LogP) is 3.13. The van der Waals surface area contributed by atoms with Crippen molar-refractivity contribution >= 4 is 5.82 Å². The Hall–Kier alpha value is -1.60. The number of hydrogen-bond acceptors (Lipinski definition) is 4. The van der Waals surface area contributed by atoms with Crippen LogP contribution in [0.25, 0.3) is 0 Å². The Morgan fingerprint density at radius 3 is 2.60 bits per heavy atom. The summed E-state index contributed by atoms with van der Waals surface area (Å²) in [5.74, 6) is 0.961. The second kappa shape index (κ2) is 8.55. The molecule has 0 saturated heterocycles. The normalized spacial score (nSPS) is 13.6. The van der Waals surface area contributed by atoms with Crippen LogP contribution in [0, 0.1) is 17.2 Å². The van der Waals surface area contributed by atoms with Crippen molar-refractivity contribution in [2.24, 2.45) is 5.92 Å². The molecule has 0 bridgehead atoms. The number of hydrogen-bond donors (Lipinski definition) is 1. The average molecular weight is 274 g/mol. The van der Waals surface area contributed by atoms with Crippen molar-refractivity contribution in [2.45, 2.75) is 40.2 Å². The molecule has 0 aliphatic carbocycles. The van der Waals surface area contributed by atoms with E-state index < -0.39 is 0 Å². The molecule has 1 N–H and O–H groups in total. The first kappa shape index (κ1) is 16.5. The zero-order chi connectivity index (χ0) is 15.0. The Balaban J connectivity index is 2.71. The third-order valence-electron chi connectivity index (χ3n) is 3.39. The Morgan fingerprint density at radius 2 is 2.10 bits per heavy atom.